The van der Waals surface area contributed by atoms with Crippen molar-refractivity contribution in [2.24, 2.45) is 5.10 Å². The Morgan fingerprint density at radius 2 is 1.76 bits per heavy atom. The highest BCUT2D eigenvalue weighted by atomic mass is 16.5. The molecule has 0 aliphatic heterocycles. The third-order valence-electron chi connectivity index (χ3n) is 5.12. The Morgan fingerprint density at radius 1 is 1.03 bits per heavy atom. The van der Waals surface area contributed by atoms with Crippen LogP contribution in [-0.2, 0) is 0 Å². The zero-order valence-corrected chi connectivity index (χ0v) is 18.7. The van der Waals surface area contributed by atoms with Crippen molar-refractivity contribution in [3.8, 4) is 22.7 Å². The molecule has 0 unspecified atom stereocenters. The summed E-state index contributed by atoms with van der Waals surface area (Å²) in [5.41, 5.74) is 7.52. The summed E-state index contributed by atoms with van der Waals surface area (Å²) in [6.07, 6.45) is 4.48. The van der Waals surface area contributed by atoms with E-state index in [9.17, 15) is 4.79 Å². The average Bonchev–Trinajstić information content (AvgIpc) is 3.28. The summed E-state index contributed by atoms with van der Waals surface area (Å²) in [5, 5.41) is 8.99. The van der Waals surface area contributed by atoms with Crippen molar-refractivity contribution >= 4 is 12.1 Å². The van der Waals surface area contributed by atoms with E-state index in [1.807, 2.05) is 85.9 Å². The van der Waals surface area contributed by atoms with Gasteiger partial charge in [-0.1, -0.05) is 43.3 Å². The Hall–Kier alpha value is -4.19. The topological polar surface area (TPSA) is 68.5 Å². The summed E-state index contributed by atoms with van der Waals surface area (Å²) >= 11 is 0. The number of amides is 1. The molecular weight excluding hydrogens is 412 g/mol. The molecule has 0 radical (unpaired) electrons. The minimum absolute atomic E-state index is 0.251. The highest BCUT2D eigenvalue weighted by Gasteiger charge is 2.12. The number of carbonyl (C=O) groups is 1. The first kappa shape index (κ1) is 22.0. The van der Waals surface area contributed by atoms with Crippen LogP contribution in [0.5, 0.6) is 5.75 Å². The van der Waals surface area contributed by atoms with Crippen molar-refractivity contribution in [1.29, 1.82) is 0 Å². The molecule has 0 atom stereocenters. The maximum atomic E-state index is 12.5. The summed E-state index contributed by atoms with van der Waals surface area (Å²) in [6, 6.07) is 25.1. The number of aromatic nitrogens is 2. The molecule has 4 rings (SSSR count). The molecule has 166 valence electrons. The lowest BCUT2D eigenvalue weighted by Crippen LogP contribution is -2.18. The Balaban J connectivity index is 1.62. The molecule has 4 aromatic rings. The second kappa shape index (κ2) is 10.4. The van der Waals surface area contributed by atoms with Gasteiger partial charge in [0.2, 0.25) is 0 Å². The number of aryl methyl sites for hydroxylation is 1. The van der Waals surface area contributed by atoms with Gasteiger partial charge >= 0.3 is 0 Å². The second-order valence-electron chi connectivity index (χ2n) is 7.60. The van der Waals surface area contributed by atoms with Gasteiger partial charge in [0, 0.05) is 22.9 Å². The molecule has 6 nitrogen and oxygen atoms in total. The number of ether oxygens (including phenoxy) is 1. The second-order valence-corrected chi connectivity index (χ2v) is 7.60. The Kier molecular flexibility index (Phi) is 6.95. The molecular formula is C27H26N4O2. The number of hydrazone groups is 1. The van der Waals surface area contributed by atoms with Gasteiger partial charge in [-0.2, -0.15) is 10.2 Å². The van der Waals surface area contributed by atoms with Crippen LogP contribution in [0, 0.1) is 6.92 Å². The summed E-state index contributed by atoms with van der Waals surface area (Å²) in [4.78, 5) is 12.5. The lowest BCUT2D eigenvalue weighted by molar-refractivity contribution is 0.0954. The van der Waals surface area contributed by atoms with Crippen molar-refractivity contribution in [1.82, 2.24) is 15.2 Å². The van der Waals surface area contributed by atoms with E-state index in [2.05, 4.69) is 17.5 Å². The predicted octanol–water partition coefficient (Wildman–Crippen LogP) is 5.40. The number of nitrogens with zero attached hydrogens (tertiary/aromatic N) is 3. The van der Waals surface area contributed by atoms with Crippen molar-refractivity contribution in [3.05, 3.63) is 102 Å². The van der Waals surface area contributed by atoms with E-state index >= 15 is 0 Å². The number of hydrogen-bond donors (Lipinski definition) is 1. The largest absolute Gasteiger partial charge is 0.494 e. The van der Waals surface area contributed by atoms with E-state index in [0.29, 0.717) is 12.2 Å². The van der Waals surface area contributed by atoms with Crippen LogP contribution in [0.1, 0.15) is 34.8 Å². The first-order valence-corrected chi connectivity index (χ1v) is 10.9. The fourth-order valence-corrected chi connectivity index (χ4v) is 3.40. The molecule has 0 aliphatic rings. The summed E-state index contributed by atoms with van der Waals surface area (Å²) < 4.78 is 7.50. The summed E-state index contributed by atoms with van der Waals surface area (Å²) in [6.45, 7) is 4.66. The van der Waals surface area contributed by atoms with Crippen LogP contribution in [0.15, 0.2) is 90.2 Å². The molecule has 0 bridgehead atoms. The standard InChI is InChI=1S/C27H26N4O2/c1-3-17-33-24-15-13-21(14-16-24)26-22(19-31(30-26)23-10-5-4-6-11-23)18-28-29-27(32)25-12-8-7-9-20(25)2/h4-16,18-19H,3,17H2,1-2H3,(H,29,32). The summed E-state index contributed by atoms with van der Waals surface area (Å²) in [7, 11) is 0. The lowest BCUT2D eigenvalue weighted by Gasteiger charge is -2.05. The minimum Gasteiger partial charge on any atom is -0.494 e. The lowest BCUT2D eigenvalue weighted by atomic mass is 10.1. The van der Waals surface area contributed by atoms with E-state index in [0.717, 1.165) is 40.2 Å². The molecule has 1 amide bonds. The molecule has 1 N–H and O–H groups in total. The van der Waals surface area contributed by atoms with Gasteiger partial charge in [0.15, 0.2) is 0 Å². The van der Waals surface area contributed by atoms with Crippen LogP contribution < -0.4 is 10.2 Å². The zero-order valence-electron chi connectivity index (χ0n) is 18.7. The van der Waals surface area contributed by atoms with E-state index < -0.39 is 0 Å². The van der Waals surface area contributed by atoms with Gasteiger partial charge < -0.3 is 4.74 Å². The van der Waals surface area contributed by atoms with E-state index in [-0.39, 0.29) is 5.91 Å². The van der Waals surface area contributed by atoms with E-state index in [1.165, 1.54) is 0 Å². The zero-order chi connectivity index (χ0) is 23.0. The van der Waals surface area contributed by atoms with E-state index in [1.54, 1.807) is 17.0 Å². The molecule has 1 aromatic heterocycles. The molecule has 0 saturated carbocycles. The monoisotopic (exact) mass is 438 g/mol. The van der Waals surface area contributed by atoms with Gasteiger partial charge in [0.05, 0.1) is 18.5 Å². The van der Waals surface area contributed by atoms with Crippen molar-refractivity contribution in [3.63, 3.8) is 0 Å². The summed E-state index contributed by atoms with van der Waals surface area (Å²) in [5.74, 6) is 0.572. The normalized spacial score (nSPS) is 11.0. The molecule has 1 heterocycles. The van der Waals surface area contributed by atoms with Gasteiger partial charge in [0.25, 0.3) is 5.91 Å². The van der Waals surface area contributed by atoms with E-state index in [4.69, 9.17) is 9.84 Å². The Labute approximate surface area is 193 Å². The number of rotatable bonds is 8. The van der Waals surface area contributed by atoms with Gasteiger partial charge in [-0.05, 0) is 61.4 Å². The Morgan fingerprint density at radius 3 is 2.48 bits per heavy atom. The van der Waals surface area contributed by atoms with Crippen molar-refractivity contribution in [2.45, 2.75) is 20.3 Å². The molecule has 0 aliphatic carbocycles. The SMILES string of the molecule is CCCOc1ccc(-c2nn(-c3ccccc3)cc2C=NNC(=O)c2ccccc2C)cc1. The number of hydrogen-bond acceptors (Lipinski definition) is 4. The highest BCUT2D eigenvalue weighted by Crippen LogP contribution is 2.25. The third kappa shape index (κ3) is 5.36. The van der Waals surface area contributed by atoms with Crippen LogP contribution in [0.25, 0.3) is 16.9 Å². The first-order chi connectivity index (χ1) is 16.2. The third-order valence-corrected chi connectivity index (χ3v) is 5.12. The number of carbonyl (C=O) groups excluding carboxylic acids is 1. The number of benzene rings is 3. The van der Waals surface area contributed by atoms with Crippen LogP contribution >= 0.6 is 0 Å². The average molecular weight is 439 g/mol. The van der Waals surface area contributed by atoms with Crippen LogP contribution in [0.4, 0.5) is 0 Å². The van der Waals surface area contributed by atoms with Crippen LogP contribution in [0.3, 0.4) is 0 Å². The maximum absolute atomic E-state index is 12.5. The smallest absolute Gasteiger partial charge is 0.271 e. The van der Waals surface area contributed by atoms with Crippen LogP contribution in [0.2, 0.25) is 0 Å². The molecule has 0 fully saturated rings. The quantitative estimate of drug-likeness (QED) is 0.296. The Bertz CT molecular complexity index is 1240. The van der Waals surface area contributed by atoms with Gasteiger partial charge in [-0.3, -0.25) is 4.79 Å². The number of nitrogens with one attached hydrogen (secondary N) is 1. The highest BCUT2D eigenvalue weighted by molar-refractivity contribution is 5.96. The van der Waals surface area contributed by atoms with Gasteiger partial charge in [-0.25, -0.2) is 10.1 Å². The molecule has 6 heteroatoms. The van der Waals surface area contributed by atoms with Crippen molar-refractivity contribution in [2.75, 3.05) is 6.61 Å². The molecule has 0 saturated heterocycles. The van der Waals surface area contributed by atoms with Crippen LogP contribution in [-0.4, -0.2) is 28.5 Å². The fourth-order valence-electron chi connectivity index (χ4n) is 3.40. The maximum Gasteiger partial charge on any atom is 0.271 e. The first-order valence-electron chi connectivity index (χ1n) is 10.9. The molecule has 0 spiro atoms. The predicted molar refractivity (Wildman–Crippen MR) is 131 cm³/mol. The van der Waals surface area contributed by atoms with Crippen molar-refractivity contribution < 1.29 is 9.53 Å². The fraction of sp³-hybridized carbons (Fsp3) is 0.148. The minimum atomic E-state index is -0.251. The number of para-hydroxylation sites is 1. The van der Waals surface area contributed by atoms with Gasteiger partial charge in [-0.15, -0.1) is 0 Å². The molecule has 33 heavy (non-hydrogen) atoms. The molecule has 3 aromatic carbocycles. The van der Waals surface area contributed by atoms with Gasteiger partial charge in [0.1, 0.15) is 11.4 Å².